The van der Waals surface area contributed by atoms with Crippen LogP contribution in [-0.4, -0.2) is 25.8 Å². The fraction of sp³-hybridized carbons (Fsp3) is 0.259. The fourth-order valence-corrected chi connectivity index (χ4v) is 4.46. The van der Waals surface area contributed by atoms with Gasteiger partial charge in [-0.05, 0) is 29.2 Å². The van der Waals surface area contributed by atoms with Crippen molar-refractivity contribution in [3.8, 4) is 5.75 Å². The number of fused-ring (bicyclic) bond motifs is 2. The molecule has 0 fully saturated rings. The molecule has 0 N–H and O–H groups in total. The molecule has 9 heteroatoms. The summed E-state index contributed by atoms with van der Waals surface area (Å²) in [6, 6.07) is 16.0. The number of rotatable bonds is 7. The maximum atomic E-state index is 13.7. The summed E-state index contributed by atoms with van der Waals surface area (Å²) in [5.74, 6) is 0.798. The lowest BCUT2D eigenvalue weighted by Gasteiger charge is -2.14. The van der Waals surface area contributed by atoms with Crippen molar-refractivity contribution in [3.05, 3.63) is 103 Å². The summed E-state index contributed by atoms with van der Waals surface area (Å²) in [4.78, 5) is 44.2. The first kappa shape index (κ1) is 23.3. The molecule has 0 unspecified atom stereocenters. The normalized spacial score (nSPS) is 11.6. The van der Waals surface area contributed by atoms with E-state index in [9.17, 15) is 14.4 Å². The molecule has 0 spiro atoms. The van der Waals surface area contributed by atoms with Gasteiger partial charge in [-0.3, -0.25) is 13.9 Å². The predicted octanol–water partition coefficient (Wildman–Crippen LogP) is 3.23. The molecule has 0 amide bonds. The number of benzene rings is 2. The second-order valence-electron chi connectivity index (χ2n) is 9.16. The van der Waals surface area contributed by atoms with Gasteiger partial charge in [0.2, 0.25) is 0 Å². The van der Waals surface area contributed by atoms with Crippen molar-refractivity contribution in [2.75, 3.05) is 7.11 Å². The van der Waals surface area contributed by atoms with Gasteiger partial charge in [0.05, 0.1) is 26.5 Å². The zero-order valence-electron chi connectivity index (χ0n) is 20.3. The van der Waals surface area contributed by atoms with Gasteiger partial charge in [0.15, 0.2) is 11.2 Å². The second kappa shape index (κ2) is 9.33. The highest BCUT2D eigenvalue weighted by molar-refractivity contribution is 5.81. The summed E-state index contributed by atoms with van der Waals surface area (Å²) in [6.07, 6.45) is 1.61. The minimum Gasteiger partial charge on any atom is -0.497 e. The molecular weight excluding hydrogens is 460 g/mol. The van der Waals surface area contributed by atoms with Gasteiger partial charge in [0, 0.05) is 24.1 Å². The molecule has 3 aromatic heterocycles. The third-order valence-electron chi connectivity index (χ3n) is 6.09. The van der Waals surface area contributed by atoms with Crippen molar-refractivity contribution < 1.29 is 9.15 Å². The Morgan fingerprint density at radius 2 is 1.75 bits per heavy atom. The van der Waals surface area contributed by atoms with Crippen molar-refractivity contribution in [1.29, 1.82) is 0 Å². The lowest BCUT2D eigenvalue weighted by Crippen LogP contribution is -2.41. The summed E-state index contributed by atoms with van der Waals surface area (Å²) in [5, 5.41) is 0.618. The smallest absolute Gasteiger partial charge is 0.336 e. The maximum absolute atomic E-state index is 13.7. The van der Waals surface area contributed by atoms with Gasteiger partial charge < -0.3 is 13.7 Å². The van der Waals surface area contributed by atoms with E-state index in [1.807, 2.05) is 44.2 Å². The largest absolute Gasteiger partial charge is 0.497 e. The van der Waals surface area contributed by atoms with Crippen LogP contribution in [0.2, 0.25) is 0 Å². The monoisotopic (exact) mass is 486 g/mol. The Morgan fingerprint density at radius 1 is 0.972 bits per heavy atom. The number of aromatic nitrogens is 4. The van der Waals surface area contributed by atoms with Crippen LogP contribution < -0.4 is 21.6 Å². The molecule has 0 saturated carbocycles. The lowest BCUT2D eigenvalue weighted by atomic mass is 10.1. The molecule has 0 atom stereocenters. The predicted molar refractivity (Wildman–Crippen MR) is 137 cm³/mol. The molecule has 0 radical (unpaired) electrons. The van der Waals surface area contributed by atoms with Crippen LogP contribution in [0, 0.1) is 5.92 Å². The number of imidazole rings is 1. The highest BCUT2D eigenvalue weighted by Gasteiger charge is 2.20. The molecule has 3 heterocycles. The molecule has 0 aliphatic carbocycles. The lowest BCUT2D eigenvalue weighted by molar-refractivity contribution is 0.414. The molecule has 5 aromatic rings. The summed E-state index contributed by atoms with van der Waals surface area (Å²) >= 11 is 0. The number of methoxy groups -OCH3 is 1. The van der Waals surface area contributed by atoms with Crippen molar-refractivity contribution in [1.82, 2.24) is 18.7 Å². The van der Waals surface area contributed by atoms with Gasteiger partial charge in [-0.1, -0.05) is 44.2 Å². The van der Waals surface area contributed by atoms with Crippen molar-refractivity contribution in [2.24, 2.45) is 5.92 Å². The Hall–Kier alpha value is -4.40. The van der Waals surface area contributed by atoms with Crippen LogP contribution in [0.15, 0.2) is 79.7 Å². The van der Waals surface area contributed by atoms with Crippen LogP contribution in [-0.2, 0) is 19.6 Å². The van der Waals surface area contributed by atoms with Crippen molar-refractivity contribution in [3.63, 3.8) is 0 Å². The van der Waals surface area contributed by atoms with Crippen LogP contribution in [0.1, 0.15) is 25.0 Å². The van der Waals surface area contributed by atoms with Gasteiger partial charge in [-0.25, -0.2) is 14.6 Å². The first-order valence-corrected chi connectivity index (χ1v) is 11.7. The molecule has 184 valence electrons. The van der Waals surface area contributed by atoms with E-state index in [-0.39, 0.29) is 19.0 Å². The molecule has 2 aromatic carbocycles. The zero-order chi connectivity index (χ0) is 25.4. The standard InChI is InChI=1S/C27H26N4O5/c1-17(2)13-29-16-28-25-24(29)26(33)31(27(34)30(25)14-18-7-5-4-6-8-18)15-19-11-23(32)36-22-12-20(35-3)9-10-21(19)22/h4-12,16-17H,13-15H2,1-3H3. The first-order valence-electron chi connectivity index (χ1n) is 11.7. The molecule has 0 bridgehead atoms. The summed E-state index contributed by atoms with van der Waals surface area (Å²) in [5.41, 5.74) is 0.898. The Balaban J connectivity index is 1.74. The van der Waals surface area contributed by atoms with E-state index in [0.29, 0.717) is 40.0 Å². The number of nitrogens with zero attached hydrogens (tertiary/aromatic N) is 4. The van der Waals surface area contributed by atoms with Gasteiger partial charge in [-0.15, -0.1) is 0 Å². The SMILES string of the molecule is COc1ccc2c(Cn3c(=O)c4c(ncn4CC(C)C)n(Cc4ccccc4)c3=O)cc(=O)oc2c1. The Bertz CT molecular complexity index is 1740. The molecule has 36 heavy (non-hydrogen) atoms. The zero-order valence-corrected chi connectivity index (χ0v) is 20.3. The maximum Gasteiger partial charge on any atom is 0.336 e. The minimum absolute atomic E-state index is 0.0936. The molecule has 9 nitrogen and oxygen atoms in total. The van der Waals surface area contributed by atoms with Crippen LogP contribution in [0.3, 0.4) is 0 Å². The summed E-state index contributed by atoms with van der Waals surface area (Å²) in [7, 11) is 1.52. The highest BCUT2D eigenvalue weighted by Crippen LogP contribution is 2.23. The van der Waals surface area contributed by atoms with Gasteiger partial charge in [-0.2, -0.15) is 0 Å². The van der Waals surface area contributed by atoms with Crippen molar-refractivity contribution in [2.45, 2.75) is 33.5 Å². The van der Waals surface area contributed by atoms with Gasteiger partial charge in [0.25, 0.3) is 5.56 Å². The van der Waals surface area contributed by atoms with E-state index in [4.69, 9.17) is 9.15 Å². The molecular formula is C27H26N4O5. The Labute approximate surface area is 205 Å². The van der Waals surface area contributed by atoms with E-state index in [2.05, 4.69) is 4.98 Å². The van der Waals surface area contributed by atoms with E-state index in [0.717, 1.165) is 5.56 Å². The molecule has 5 rings (SSSR count). The van der Waals surface area contributed by atoms with Crippen molar-refractivity contribution >= 4 is 22.1 Å². The number of hydrogen-bond donors (Lipinski definition) is 0. The average Bonchev–Trinajstić information content (AvgIpc) is 3.27. The van der Waals surface area contributed by atoms with E-state index >= 15 is 0 Å². The number of ether oxygens (including phenoxy) is 1. The quantitative estimate of drug-likeness (QED) is 0.328. The summed E-state index contributed by atoms with van der Waals surface area (Å²) < 4.78 is 15.1. The Kier molecular flexibility index (Phi) is 6.05. The van der Waals surface area contributed by atoms with E-state index in [1.165, 1.54) is 22.3 Å². The molecule has 0 aliphatic heterocycles. The number of hydrogen-bond acceptors (Lipinski definition) is 6. The van der Waals surface area contributed by atoms with Crippen LogP contribution >= 0.6 is 0 Å². The van der Waals surface area contributed by atoms with Crippen LogP contribution in [0.25, 0.3) is 22.1 Å². The van der Waals surface area contributed by atoms with Gasteiger partial charge in [0.1, 0.15) is 11.3 Å². The minimum atomic E-state index is -0.575. The van der Waals surface area contributed by atoms with Gasteiger partial charge >= 0.3 is 11.3 Å². The molecule has 0 saturated heterocycles. The summed E-state index contributed by atoms with van der Waals surface area (Å²) in [6.45, 7) is 4.84. The third kappa shape index (κ3) is 4.24. The van der Waals surface area contributed by atoms with E-state index in [1.54, 1.807) is 29.1 Å². The fourth-order valence-electron chi connectivity index (χ4n) is 4.46. The average molecular weight is 487 g/mol. The van der Waals surface area contributed by atoms with E-state index < -0.39 is 16.9 Å². The highest BCUT2D eigenvalue weighted by atomic mass is 16.5. The third-order valence-corrected chi connectivity index (χ3v) is 6.09. The van der Waals surface area contributed by atoms with Crippen LogP contribution in [0.5, 0.6) is 5.75 Å². The van der Waals surface area contributed by atoms with Crippen LogP contribution in [0.4, 0.5) is 0 Å². The first-order chi connectivity index (χ1) is 17.4. The molecule has 0 aliphatic rings. The Morgan fingerprint density at radius 3 is 2.47 bits per heavy atom. The topological polar surface area (TPSA) is 101 Å². The second-order valence-corrected chi connectivity index (χ2v) is 9.16.